The second kappa shape index (κ2) is 7.03. The van der Waals surface area contributed by atoms with E-state index in [-0.39, 0.29) is 11.5 Å². The van der Waals surface area contributed by atoms with Crippen LogP contribution >= 0.6 is 0 Å². The summed E-state index contributed by atoms with van der Waals surface area (Å²) in [7, 11) is 0. The molecular formula is C15H21FN2O2. The summed E-state index contributed by atoms with van der Waals surface area (Å²) in [5, 5.41) is 2.54. The van der Waals surface area contributed by atoms with Gasteiger partial charge in [-0.2, -0.15) is 0 Å². The topological polar surface area (TPSA) is 49.4 Å². The van der Waals surface area contributed by atoms with E-state index in [9.17, 15) is 14.0 Å². The summed E-state index contributed by atoms with van der Waals surface area (Å²) < 4.78 is 13.6. The quantitative estimate of drug-likeness (QED) is 0.898. The lowest BCUT2D eigenvalue weighted by atomic mass is 10.1. The first-order valence-electron chi connectivity index (χ1n) is 6.76. The molecule has 0 fully saturated rings. The van der Waals surface area contributed by atoms with Crippen molar-refractivity contribution in [2.75, 3.05) is 13.1 Å². The maximum atomic E-state index is 13.6. The maximum Gasteiger partial charge on any atom is 0.254 e. The molecule has 0 aliphatic carbocycles. The van der Waals surface area contributed by atoms with Crippen molar-refractivity contribution in [3.05, 3.63) is 35.1 Å². The molecule has 5 heteroatoms. The highest BCUT2D eigenvalue weighted by Crippen LogP contribution is 2.10. The molecule has 1 atom stereocenters. The normalized spacial score (nSPS) is 11.8. The number of rotatable bonds is 5. The van der Waals surface area contributed by atoms with Gasteiger partial charge in [0, 0.05) is 13.1 Å². The van der Waals surface area contributed by atoms with Crippen LogP contribution < -0.4 is 5.32 Å². The van der Waals surface area contributed by atoms with E-state index in [2.05, 4.69) is 5.32 Å². The molecule has 1 rings (SSSR count). The lowest BCUT2D eigenvalue weighted by molar-refractivity contribution is -0.132. The number of carbonyl (C=O) groups excluding carboxylic acids is 2. The monoisotopic (exact) mass is 280 g/mol. The molecule has 0 saturated carbocycles. The summed E-state index contributed by atoms with van der Waals surface area (Å²) in [6.07, 6.45) is 0. The minimum Gasteiger partial charge on any atom is -0.341 e. The molecule has 1 N–H and O–H groups in total. The van der Waals surface area contributed by atoms with Crippen LogP contribution in [0.25, 0.3) is 0 Å². The van der Waals surface area contributed by atoms with Gasteiger partial charge in [0.2, 0.25) is 5.91 Å². The second-order valence-electron chi connectivity index (χ2n) is 4.69. The van der Waals surface area contributed by atoms with Crippen molar-refractivity contribution in [1.29, 1.82) is 0 Å². The van der Waals surface area contributed by atoms with Crippen molar-refractivity contribution in [3.8, 4) is 0 Å². The number of likely N-dealkylation sites (N-methyl/N-ethyl adjacent to an activating group) is 1. The molecular weight excluding hydrogens is 259 g/mol. The van der Waals surface area contributed by atoms with Crippen molar-refractivity contribution in [2.45, 2.75) is 33.7 Å². The minimum absolute atomic E-state index is 0.0378. The Morgan fingerprint density at radius 1 is 1.30 bits per heavy atom. The number of aryl methyl sites for hydroxylation is 1. The molecule has 0 spiro atoms. The fourth-order valence-electron chi connectivity index (χ4n) is 1.96. The van der Waals surface area contributed by atoms with E-state index >= 15 is 0 Å². The number of benzene rings is 1. The predicted octanol–water partition coefficient (Wildman–Crippen LogP) is 2.12. The molecule has 2 amide bonds. The standard InChI is InChI=1S/C15H21FN2O2/c1-5-18(6-2)15(20)11(4)17-14(19)12-9-10(3)7-8-13(12)16/h7-9,11H,5-6H2,1-4H3,(H,17,19). The Kier molecular flexibility index (Phi) is 5.67. The van der Waals surface area contributed by atoms with E-state index in [0.29, 0.717) is 13.1 Å². The summed E-state index contributed by atoms with van der Waals surface area (Å²) in [5.74, 6) is -1.33. The van der Waals surface area contributed by atoms with E-state index < -0.39 is 17.8 Å². The van der Waals surface area contributed by atoms with Gasteiger partial charge in [0.05, 0.1) is 5.56 Å². The lowest BCUT2D eigenvalue weighted by Gasteiger charge is -2.23. The highest BCUT2D eigenvalue weighted by atomic mass is 19.1. The van der Waals surface area contributed by atoms with Crippen LogP contribution in [0, 0.1) is 12.7 Å². The van der Waals surface area contributed by atoms with E-state index in [1.807, 2.05) is 13.8 Å². The minimum atomic E-state index is -0.678. The van der Waals surface area contributed by atoms with Crippen molar-refractivity contribution in [3.63, 3.8) is 0 Å². The summed E-state index contributed by atoms with van der Waals surface area (Å²) in [6.45, 7) is 8.28. The van der Waals surface area contributed by atoms with Gasteiger partial charge < -0.3 is 10.2 Å². The zero-order chi connectivity index (χ0) is 15.3. The van der Waals surface area contributed by atoms with Gasteiger partial charge in [0.15, 0.2) is 0 Å². The SMILES string of the molecule is CCN(CC)C(=O)C(C)NC(=O)c1cc(C)ccc1F. The van der Waals surface area contributed by atoms with Gasteiger partial charge in [0.25, 0.3) is 5.91 Å². The van der Waals surface area contributed by atoms with Gasteiger partial charge in [-0.25, -0.2) is 4.39 Å². The van der Waals surface area contributed by atoms with Gasteiger partial charge in [-0.3, -0.25) is 9.59 Å². The van der Waals surface area contributed by atoms with Gasteiger partial charge in [-0.1, -0.05) is 11.6 Å². The molecule has 0 aliphatic heterocycles. The van der Waals surface area contributed by atoms with Crippen molar-refractivity contribution in [1.82, 2.24) is 10.2 Å². The predicted molar refractivity (Wildman–Crippen MR) is 76.0 cm³/mol. The highest BCUT2D eigenvalue weighted by molar-refractivity contribution is 5.97. The Morgan fingerprint density at radius 2 is 1.90 bits per heavy atom. The third kappa shape index (κ3) is 3.79. The highest BCUT2D eigenvalue weighted by Gasteiger charge is 2.21. The fraction of sp³-hybridized carbons (Fsp3) is 0.467. The van der Waals surface area contributed by atoms with Crippen LogP contribution in [-0.2, 0) is 4.79 Å². The lowest BCUT2D eigenvalue weighted by Crippen LogP contribution is -2.47. The number of hydrogen-bond acceptors (Lipinski definition) is 2. The molecule has 0 aliphatic rings. The van der Waals surface area contributed by atoms with Crippen LogP contribution in [-0.4, -0.2) is 35.8 Å². The van der Waals surface area contributed by atoms with Crippen molar-refractivity contribution >= 4 is 11.8 Å². The molecule has 1 unspecified atom stereocenters. The summed E-state index contributed by atoms with van der Waals surface area (Å²) in [4.78, 5) is 25.7. The van der Waals surface area contributed by atoms with E-state index in [4.69, 9.17) is 0 Å². The first-order valence-corrected chi connectivity index (χ1v) is 6.76. The number of nitrogens with zero attached hydrogens (tertiary/aromatic N) is 1. The Hall–Kier alpha value is -1.91. The van der Waals surface area contributed by atoms with Crippen molar-refractivity contribution in [2.24, 2.45) is 0 Å². The Labute approximate surface area is 119 Å². The third-order valence-electron chi connectivity index (χ3n) is 3.16. The molecule has 0 radical (unpaired) electrons. The molecule has 1 aromatic carbocycles. The summed E-state index contributed by atoms with van der Waals surface area (Å²) >= 11 is 0. The van der Waals surface area contributed by atoms with E-state index in [0.717, 1.165) is 5.56 Å². The molecule has 20 heavy (non-hydrogen) atoms. The van der Waals surface area contributed by atoms with Gasteiger partial charge >= 0.3 is 0 Å². The number of amides is 2. The Balaban J connectivity index is 2.80. The summed E-state index contributed by atoms with van der Waals surface area (Å²) in [5.41, 5.74) is 0.753. The molecule has 0 aromatic heterocycles. The Bertz CT molecular complexity index is 499. The van der Waals surface area contributed by atoms with Crippen LogP contribution in [0.4, 0.5) is 4.39 Å². The zero-order valence-electron chi connectivity index (χ0n) is 12.4. The van der Waals surface area contributed by atoms with Gasteiger partial charge in [-0.15, -0.1) is 0 Å². The number of carbonyl (C=O) groups is 2. The molecule has 0 heterocycles. The molecule has 4 nitrogen and oxygen atoms in total. The van der Waals surface area contributed by atoms with Crippen LogP contribution in [0.5, 0.6) is 0 Å². The zero-order valence-corrected chi connectivity index (χ0v) is 12.4. The van der Waals surface area contributed by atoms with Crippen LogP contribution in [0.1, 0.15) is 36.7 Å². The van der Waals surface area contributed by atoms with E-state index in [1.165, 1.54) is 12.1 Å². The molecule has 110 valence electrons. The summed E-state index contributed by atoms with van der Waals surface area (Å²) in [6, 6.07) is 3.64. The molecule has 0 saturated heterocycles. The third-order valence-corrected chi connectivity index (χ3v) is 3.16. The first kappa shape index (κ1) is 16.1. The van der Waals surface area contributed by atoms with E-state index in [1.54, 1.807) is 24.8 Å². The van der Waals surface area contributed by atoms with Crippen LogP contribution in [0.3, 0.4) is 0 Å². The molecule has 0 bridgehead atoms. The van der Waals surface area contributed by atoms with Gasteiger partial charge in [0.1, 0.15) is 11.9 Å². The Morgan fingerprint density at radius 3 is 2.45 bits per heavy atom. The number of nitrogens with one attached hydrogen (secondary N) is 1. The average molecular weight is 280 g/mol. The van der Waals surface area contributed by atoms with Crippen LogP contribution in [0.15, 0.2) is 18.2 Å². The average Bonchev–Trinajstić information content (AvgIpc) is 2.42. The van der Waals surface area contributed by atoms with Crippen molar-refractivity contribution < 1.29 is 14.0 Å². The number of halogens is 1. The van der Waals surface area contributed by atoms with Crippen LogP contribution in [0.2, 0.25) is 0 Å². The second-order valence-corrected chi connectivity index (χ2v) is 4.69. The smallest absolute Gasteiger partial charge is 0.254 e. The number of hydrogen-bond donors (Lipinski definition) is 1. The molecule has 1 aromatic rings. The van der Waals surface area contributed by atoms with Gasteiger partial charge in [-0.05, 0) is 39.8 Å². The largest absolute Gasteiger partial charge is 0.341 e. The maximum absolute atomic E-state index is 13.6. The first-order chi connectivity index (χ1) is 9.40. The fourth-order valence-corrected chi connectivity index (χ4v) is 1.96.